The minimum absolute atomic E-state index is 0.199. The molecular formula is C8H5BrCl2N2. The van der Waals surface area contributed by atoms with Crippen LogP contribution in [0.4, 0.5) is 0 Å². The molecule has 0 saturated heterocycles. The monoisotopic (exact) mass is 278 g/mol. The van der Waals surface area contributed by atoms with Gasteiger partial charge in [0.25, 0.3) is 0 Å². The molecule has 1 unspecified atom stereocenters. The minimum atomic E-state index is -0.442. The first-order valence-electron chi connectivity index (χ1n) is 3.45. The van der Waals surface area contributed by atoms with Crippen molar-refractivity contribution in [3.05, 3.63) is 27.5 Å². The summed E-state index contributed by atoms with van der Waals surface area (Å²) in [6.07, 6.45) is 1.60. The van der Waals surface area contributed by atoms with Gasteiger partial charge in [-0.2, -0.15) is 5.26 Å². The fraction of sp³-hybridized carbons (Fsp3) is 0.250. The van der Waals surface area contributed by atoms with E-state index in [0.717, 1.165) is 4.47 Å². The van der Waals surface area contributed by atoms with Crippen LogP contribution in [0.1, 0.15) is 11.6 Å². The Morgan fingerprint density at radius 2 is 2.38 bits per heavy atom. The van der Waals surface area contributed by atoms with E-state index in [1.807, 2.05) is 6.07 Å². The van der Waals surface area contributed by atoms with Gasteiger partial charge >= 0.3 is 0 Å². The molecule has 0 amide bonds. The van der Waals surface area contributed by atoms with Crippen LogP contribution in [0.15, 0.2) is 16.7 Å². The summed E-state index contributed by atoms with van der Waals surface area (Å²) >= 11 is 14.7. The van der Waals surface area contributed by atoms with Crippen LogP contribution in [-0.2, 0) is 0 Å². The lowest BCUT2D eigenvalue weighted by molar-refractivity contribution is 0.925. The van der Waals surface area contributed by atoms with Gasteiger partial charge in [-0.25, -0.2) is 0 Å². The Hall–Kier alpha value is -0.300. The van der Waals surface area contributed by atoms with Gasteiger partial charge in [-0.15, -0.1) is 11.6 Å². The van der Waals surface area contributed by atoms with E-state index in [-0.39, 0.29) is 5.88 Å². The van der Waals surface area contributed by atoms with Crippen LogP contribution in [0.2, 0.25) is 5.02 Å². The van der Waals surface area contributed by atoms with Gasteiger partial charge in [-0.3, -0.25) is 4.98 Å². The van der Waals surface area contributed by atoms with Crippen molar-refractivity contribution in [3.63, 3.8) is 0 Å². The largest absolute Gasteiger partial charge is 0.257 e. The van der Waals surface area contributed by atoms with Gasteiger partial charge in [0.15, 0.2) is 0 Å². The number of nitriles is 1. The summed E-state index contributed by atoms with van der Waals surface area (Å²) in [4.78, 5) is 4.03. The van der Waals surface area contributed by atoms with Gasteiger partial charge in [-0.1, -0.05) is 11.6 Å². The Balaban J connectivity index is 3.09. The number of aromatic nitrogens is 1. The molecule has 0 aromatic carbocycles. The van der Waals surface area contributed by atoms with Crippen LogP contribution in [0, 0.1) is 11.3 Å². The lowest BCUT2D eigenvalue weighted by Gasteiger charge is -2.06. The average Bonchev–Trinajstić information content (AvgIpc) is 2.10. The van der Waals surface area contributed by atoms with E-state index < -0.39 is 5.92 Å². The van der Waals surface area contributed by atoms with Crippen LogP contribution in [-0.4, -0.2) is 10.9 Å². The van der Waals surface area contributed by atoms with Crippen molar-refractivity contribution in [1.29, 1.82) is 5.26 Å². The quantitative estimate of drug-likeness (QED) is 0.779. The van der Waals surface area contributed by atoms with E-state index in [1.165, 1.54) is 0 Å². The molecule has 0 aliphatic rings. The van der Waals surface area contributed by atoms with Crippen molar-refractivity contribution in [1.82, 2.24) is 4.98 Å². The topological polar surface area (TPSA) is 36.7 Å². The molecular weight excluding hydrogens is 275 g/mol. The van der Waals surface area contributed by atoms with Gasteiger partial charge in [-0.05, 0) is 22.0 Å². The van der Waals surface area contributed by atoms with Crippen LogP contribution in [0.25, 0.3) is 0 Å². The van der Waals surface area contributed by atoms with E-state index in [4.69, 9.17) is 28.5 Å². The van der Waals surface area contributed by atoms with Crippen molar-refractivity contribution in [2.24, 2.45) is 0 Å². The number of pyridine rings is 1. The molecule has 0 aliphatic heterocycles. The third-order valence-electron chi connectivity index (χ3n) is 1.48. The van der Waals surface area contributed by atoms with Crippen molar-refractivity contribution in [3.8, 4) is 6.07 Å². The summed E-state index contributed by atoms with van der Waals surface area (Å²) in [5, 5.41) is 9.19. The maximum atomic E-state index is 8.73. The predicted molar refractivity (Wildman–Crippen MR) is 56.0 cm³/mol. The molecule has 0 N–H and O–H groups in total. The zero-order valence-corrected chi connectivity index (χ0v) is 9.57. The second-order valence-electron chi connectivity index (χ2n) is 2.36. The highest BCUT2D eigenvalue weighted by Gasteiger charge is 2.14. The first-order valence-corrected chi connectivity index (χ1v) is 5.16. The lowest BCUT2D eigenvalue weighted by atomic mass is 10.1. The summed E-state index contributed by atoms with van der Waals surface area (Å²) in [5.41, 5.74) is 0.530. The fourth-order valence-corrected chi connectivity index (χ4v) is 1.83. The fourth-order valence-electron chi connectivity index (χ4n) is 0.850. The van der Waals surface area contributed by atoms with Gasteiger partial charge in [0.05, 0.1) is 16.8 Å². The molecule has 2 nitrogen and oxygen atoms in total. The molecule has 0 aliphatic carbocycles. The molecule has 68 valence electrons. The highest BCUT2D eigenvalue weighted by molar-refractivity contribution is 9.10. The number of halogens is 3. The van der Waals surface area contributed by atoms with Gasteiger partial charge in [0.1, 0.15) is 5.92 Å². The first kappa shape index (κ1) is 10.8. The summed E-state index contributed by atoms with van der Waals surface area (Å²) in [7, 11) is 0. The normalized spacial score (nSPS) is 12.2. The number of rotatable bonds is 2. The summed E-state index contributed by atoms with van der Waals surface area (Å²) < 4.78 is 0.785. The molecule has 0 fully saturated rings. The molecule has 1 aromatic rings. The maximum Gasteiger partial charge on any atom is 0.103 e. The molecule has 13 heavy (non-hydrogen) atoms. The standard InChI is InChI=1S/C8H5BrCl2N2/c9-6-1-7(11)8(13-4-6)5(2-10)3-12/h1,4-5H,2H2. The SMILES string of the molecule is N#CC(CCl)c1ncc(Br)cc1Cl. The van der Waals surface area contributed by atoms with E-state index in [9.17, 15) is 0 Å². The smallest absolute Gasteiger partial charge is 0.103 e. The predicted octanol–water partition coefficient (Wildman–Crippen LogP) is 3.34. The Kier molecular flexibility index (Phi) is 3.98. The summed E-state index contributed by atoms with van der Waals surface area (Å²) in [6, 6.07) is 3.73. The third kappa shape index (κ3) is 2.57. The van der Waals surface area contributed by atoms with Gasteiger partial charge < -0.3 is 0 Å². The van der Waals surface area contributed by atoms with E-state index in [0.29, 0.717) is 10.7 Å². The molecule has 5 heteroatoms. The van der Waals surface area contributed by atoms with Gasteiger partial charge in [0.2, 0.25) is 0 Å². The molecule has 0 spiro atoms. The van der Waals surface area contributed by atoms with Crippen molar-refractivity contribution < 1.29 is 0 Å². The zero-order valence-electron chi connectivity index (χ0n) is 6.47. The first-order chi connectivity index (χ1) is 6.19. The van der Waals surface area contributed by atoms with Crippen LogP contribution in [0.3, 0.4) is 0 Å². The Morgan fingerprint density at radius 1 is 1.69 bits per heavy atom. The highest BCUT2D eigenvalue weighted by Crippen LogP contribution is 2.25. The number of nitrogens with zero attached hydrogens (tertiary/aromatic N) is 2. The van der Waals surface area contributed by atoms with Gasteiger partial charge in [0, 0.05) is 16.5 Å². The molecule has 0 radical (unpaired) electrons. The number of alkyl halides is 1. The Labute approximate surface area is 94.6 Å². The van der Waals surface area contributed by atoms with E-state index in [2.05, 4.69) is 20.9 Å². The zero-order chi connectivity index (χ0) is 9.84. The second kappa shape index (κ2) is 4.80. The Bertz CT molecular complexity index is 348. The Morgan fingerprint density at radius 3 is 2.85 bits per heavy atom. The molecule has 1 heterocycles. The number of hydrogen-bond acceptors (Lipinski definition) is 2. The second-order valence-corrected chi connectivity index (χ2v) is 3.99. The van der Waals surface area contributed by atoms with Crippen LogP contribution >= 0.6 is 39.1 Å². The lowest BCUT2D eigenvalue weighted by Crippen LogP contribution is -2.01. The van der Waals surface area contributed by atoms with Crippen molar-refractivity contribution in [2.75, 3.05) is 5.88 Å². The number of hydrogen-bond donors (Lipinski definition) is 0. The van der Waals surface area contributed by atoms with Crippen LogP contribution < -0.4 is 0 Å². The molecule has 1 atom stereocenters. The molecule has 0 saturated carbocycles. The summed E-state index contributed by atoms with van der Waals surface area (Å²) in [5.74, 6) is -0.243. The van der Waals surface area contributed by atoms with Crippen molar-refractivity contribution >= 4 is 39.1 Å². The molecule has 0 bridgehead atoms. The highest BCUT2D eigenvalue weighted by atomic mass is 79.9. The average molecular weight is 280 g/mol. The third-order valence-corrected chi connectivity index (χ3v) is 2.52. The molecule has 1 aromatic heterocycles. The minimum Gasteiger partial charge on any atom is -0.257 e. The molecule has 1 rings (SSSR count). The summed E-state index contributed by atoms with van der Waals surface area (Å²) in [6.45, 7) is 0. The van der Waals surface area contributed by atoms with Crippen molar-refractivity contribution in [2.45, 2.75) is 5.92 Å². The van der Waals surface area contributed by atoms with Crippen LogP contribution in [0.5, 0.6) is 0 Å². The van der Waals surface area contributed by atoms with E-state index >= 15 is 0 Å². The maximum absolute atomic E-state index is 8.73. The van der Waals surface area contributed by atoms with E-state index in [1.54, 1.807) is 12.3 Å².